The molecular weight excluding hydrogens is 424 g/mol. The summed E-state index contributed by atoms with van der Waals surface area (Å²) in [5.74, 6) is 0.602. The van der Waals surface area contributed by atoms with Crippen LogP contribution in [0.5, 0.6) is 0 Å². The Labute approximate surface area is 173 Å². The maximum absolute atomic E-state index is 12.0. The van der Waals surface area contributed by atoms with Gasteiger partial charge in [0, 0.05) is 5.56 Å². The summed E-state index contributed by atoms with van der Waals surface area (Å²) in [4.78, 5) is 21.2. The number of quaternary nitrogens is 1. The minimum absolute atomic E-state index is 0.0843. The van der Waals surface area contributed by atoms with Gasteiger partial charge >= 0.3 is 0 Å². The number of benzene rings is 1. The van der Waals surface area contributed by atoms with Crippen LogP contribution >= 0.6 is 15.9 Å². The van der Waals surface area contributed by atoms with Crippen molar-refractivity contribution in [3.8, 4) is 0 Å². The number of nitrogens with one attached hydrogen (secondary N) is 1. The molecular formula is C20H25BrN4O3. The van der Waals surface area contributed by atoms with E-state index in [0.717, 1.165) is 17.0 Å². The van der Waals surface area contributed by atoms with Crippen LogP contribution in [-0.2, 0) is 19.4 Å². The zero-order valence-corrected chi connectivity index (χ0v) is 17.6. The molecule has 3 atom stereocenters. The van der Waals surface area contributed by atoms with Gasteiger partial charge in [0.05, 0.1) is 11.4 Å². The molecule has 8 heteroatoms. The highest BCUT2D eigenvalue weighted by Gasteiger charge is 2.47. The summed E-state index contributed by atoms with van der Waals surface area (Å²) in [5, 5.41) is 25.9. The molecule has 2 aromatic rings. The minimum atomic E-state index is -1.18. The lowest BCUT2D eigenvalue weighted by Gasteiger charge is -2.33. The summed E-state index contributed by atoms with van der Waals surface area (Å²) in [6, 6.07) is 8.96. The monoisotopic (exact) mass is 448 g/mol. The van der Waals surface area contributed by atoms with Crippen molar-refractivity contribution in [3.05, 3.63) is 51.9 Å². The molecule has 1 aliphatic heterocycles. The molecule has 0 bridgehead atoms. The predicted molar refractivity (Wildman–Crippen MR) is 107 cm³/mol. The third kappa shape index (κ3) is 4.19. The number of likely N-dealkylation sites (tertiary alicyclic amines) is 1. The number of anilines is 1. The summed E-state index contributed by atoms with van der Waals surface area (Å²) in [6.07, 6.45) is -0.626. The number of aromatic nitrogens is 2. The van der Waals surface area contributed by atoms with Crippen molar-refractivity contribution in [2.45, 2.75) is 45.4 Å². The molecule has 28 heavy (non-hydrogen) atoms. The first kappa shape index (κ1) is 20.7. The Bertz CT molecular complexity index is 849. The quantitative estimate of drug-likeness (QED) is 0.654. The molecule has 2 N–H and O–H groups in total. The van der Waals surface area contributed by atoms with Crippen LogP contribution < -0.4 is 10.4 Å². The van der Waals surface area contributed by atoms with Crippen LogP contribution in [-0.4, -0.2) is 50.9 Å². The number of nitrogens with zero attached hydrogens (tertiary/aromatic N) is 3. The van der Waals surface area contributed by atoms with Crippen molar-refractivity contribution >= 4 is 27.8 Å². The number of amides is 1. The number of carbonyl (C=O) groups is 1. The summed E-state index contributed by atoms with van der Waals surface area (Å²) < 4.78 is 0.392. The van der Waals surface area contributed by atoms with Crippen molar-refractivity contribution < 1.29 is 19.5 Å². The van der Waals surface area contributed by atoms with Gasteiger partial charge in [0.25, 0.3) is 6.09 Å². The van der Waals surface area contributed by atoms with E-state index in [-0.39, 0.29) is 24.1 Å². The number of carboxylic acid groups (broad SMARTS) is 1. The molecule has 1 fully saturated rings. The van der Waals surface area contributed by atoms with E-state index in [1.54, 1.807) is 0 Å². The summed E-state index contributed by atoms with van der Waals surface area (Å²) >= 11 is 3.44. The normalized spacial score (nSPS) is 24.3. The van der Waals surface area contributed by atoms with E-state index in [9.17, 15) is 15.0 Å². The molecule has 1 saturated heterocycles. The fourth-order valence-electron chi connectivity index (χ4n) is 3.72. The number of aliphatic hydroxyl groups excluding tert-OH is 1. The Kier molecular flexibility index (Phi) is 6.32. The summed E-state index contributed by atoms with van der Waals surface area (Å²) in [7, 11) is 0. The van der Waals surface area contributed by atoms with E-state index < -0.39 is 18.2 Å². The van der Waals surface area contributed by atoms with Crippen LogP contribution in [0.15, 0.2) is 34.9 Å². The molecule has 0 saturated carbocycles. The highest BCUT2D eigenvalue weighted by Crippen LogP contribution is 2.28. The van der Waals surface area contributed by atoms with E-state index in [0.29, 0.717) is 23.3 Å². The number of halogens is 1. The average molecular weight is 449 g/mol. The molecule has 150 valence electrons. The fraction of sp³-hybridized carbons (Fsp3) is 0.450. The van der Waals surface area contributed by atoms with Gasteiger partial charge in [-0.1, -0.05) is 44.2 Å². The van der Waals surface area contributed by atoms with Gasteiger partial charge in [0.2, 0.25) is 0 Å². The van der Waals surface area contributed by atoms with E-state index in [4.69, 9.17) is 0 Å². The first-order valence-electron chi connectivity index (χ1n) is 9.50. The van der Waals surface area contributed by atoms with E-state index in [2.05, 4.69) is 31.2 Å². The van der Waals surface area contributed by atoms with Crippen molar-refractivity contribution in [2.75, 3.05) is 18.4 Å². The maximum Gasteiger partial charge on any atom is 0.257 e. The molecule has 1 aliphatic rings. The third-order valence-corrected chi connectivity index (χ3v) is 5.88. The van der Waals surface area contributed by atoms with Gasteiger partial charge in [-0.3, -0.25) is 4.48 Å². The second-order valence-corrected chi connectivity index (χ2v) is 7.95. The topological polar surface area (TPSA) is 98.2 Å². The zero-order chi connectivity index (χ0) is 20.3. The minimum Gasteiger partial charge on any atom is -0.498 e. The van der Waals surface area contributed by atoms with Crippen molar-refractivity contribution in [3.63, 3.8) is 0 Å². The van der Waals surface area contributed by atoms with Crippen molar-refractivity contribution in [1.82, 2.24) is 9.97 Å². The fourth-order valence-corrected chi connectivity index (χ4v) is 4.30. The van der Waals surface area contributed by atoms with Gasteiger partial charge in [-0.15, -0.1) is 0 Å². The van der Waals surface area contributed by atoms with Crippen LogP contribution in [0, 0.1) is 0 Å². The van der Waals surface area contributed by atoms with Gasteiger partial charge in [0.15, 0.2) is 0 Å². The molecule has 3 rings (SSSR count). The molecule has 1 aromatic carbocycles. The van der Waals surface area contributed by atoms with Crippen LogP contribution in [0.1, 0.15) is 30.8 Å². The van der Waals surface area contributed by atoms with Crippen molar-refractivity contribution in [2.24, 2.45) is 0 Å². The Hall–Kier alpha value is -2.03. The number of aliphatic hydroxyl groups is 1. The van der Waals surface area contributed by atoms with Crippen LogP contribution in [0.2, 0.25) is 0 Å². The number of carbonyl (C=O) groups excluding carboxylic acids is 1. The maximum atomic E-state index is 12.0. The third-order valence-electron chi connectivity index (χ3n) is 5.25. The number of hydrogen-bond donors (Lipinski definition) is 2. The van der Waals surface area contributed by atoms with Gasteiger partial charge in [0.1, 0.15) is 42.2 Å². The number of hydrogen-bond acceptors (Lipinski definition) is 6. The molecule has 7 nitrogen and oxygen atoms in total. The smallest absolute Gasteiger partial charge is 0.257 e. The van der Waals surface area contributed by atoms with E-state index >= 15 is 0 Å². The number of rotatable bonds is 6. The lowest BCUT2D eigenvalue weighted by Crippen LogP contribution is -2.57. The average Bonchev–Trinajstić information content (AvgIpc) is 3.00. The Morgan fingerprint density at radius 3 is 2.50 bits per heavy atom. The largest absolute Gasteiger partial charge is 0.498 e. The molecule has 0 spiro atoms. The SMILES string of the molecule is CCc1nc(N[C@@H]2C[N+](Cc3ccccc3)(C(=O)[O-])C[C@@H]2O)c(CC)nc1Br. The highest BCUT2D eigenvalue weighted by molar-refractivity contribution is 9.10. The second-order valence-electron chi connectivity index (χ2n) is 7.20. The Balaban J connectivity index is 1.85. The van der Waals surface area contributed by atoms with E-state index in [1.165, 1.54) is 0 Å². The van der Waals surface area contributed by atoms with Gasteiger partial charge in [-0.2, -0.15) is 0 Å². The predicted octanol–water partition coefficient (Wildman–Crippen LogP) is 1.88. The van der Waals surface area contributed by atoms with Gasteiger partial charge in [-0.25, -0.2) is 9.97 Å². The molecule has 1 amide bonds. The molecule has 0 radical (unpaired) electrons. The first-order valence-corrected chi connectivity index (χ1v) is 10.3. The summed E-state index contributed by atoms with van der Waals surface area (Å²) in [6.45, 7) is 4.54. The highest BCUT2D eigenvalue weighted by atomic mass is 79.9. The number of aryl methyl sites for hydroxylation is 2. The first-order chi connectivity index (χ1) is 13.4. The lowest BCUT2D eigenvalue weighted by atomic mass is 10.2. The molecule has 2 heterocycles. The van der Waals surface area contributed by atoms with Crippen LogP contribution in [0.3, 0.4) is 0 Å². The van der Waals surface area contributed by atoms with Gasteiger partial charge < -0.3 is 20.3 Å². The van der Waals surface area contributed by atoms with Crippen LogP contribution in [0.4, 0.5) is 10.6 Å². The molecule has 0 aliphatic carbocycles. The zero-order valence-electron chi connectivity index (χ0n) is 16.1. The Morgan fingerprint density at radius 2 is 1.89 bits per heavy atom. The second kappa shape index (κ2) is 8.55. The van der Waals surface area contributed by atoms with Gasteiger partial charge in [-0.05, 0) is 28.8 Å². The van der Waals surface area contributed by atoms with Crippen molar-refractivity contribution in [1.29, 1.82) is 0 Å². The van der Waals surface area contributed by atoms with Crippen LogP contribution in [0.25, 0.3) is 0 Å². The van der Waals surface area contributed by atoms with E-state index in [1.807, 2.05) is 44.2 Å². The summed E-state index contributed by atoms with van der Waals surface area (Å²) in [5.41, 5.74) is 2.49. The standard InChI is InChI=1S/C20H25BrN4O3/c1-3-14-18(21)22-15(4-2)19(23-14)24-16-11-25(20(27)28,12-17(16)26)10-13-8-6-5-7-9-13/h5-9,16-17,26H,3-4,10-12H2,1-2H3,(H-,23,24,27,28)/t16-,17+,25?/m1/s1. The molecule has 1 aromatic heterocycles. The Morgan fingerprint density at radius 1 is 1.21 bits per heavy atom. The molecule has 1 unspecified atom stereocenters. The lowest BCUT2D eigenvalue weighted by molar-refractivity contribution is -0.878.